The lowest BCUT2D eigenvalue weighted by atomic mass is 9.81. The number of rotatable bonds is 2. The summed E-state index contributed by atoms with van der Waals surface area (Å²) in [5.41, 5.74) is 1.70. The molecule has 1 N–H and O–H groups in total. The number of carbonyl (C=O) groups is 1. The maximum Gasteiger partial charge on any atom is 0.170 e. The predicted molar refractivity (Wildman–Crippen MR) is 76.9 cm³/mol. The molecule has 0 saturated heterocycles. The first-order valence-corrected chi connectivity index (χ1v) is 7.21. The number of aromatic amines is 1. The summed E-state index contributed by atoms with van der Waals surface area (Å²) in [5.74, 6) is 0.290. The number of fused-ring (bicyclic) bond motifs is 1. The van der Waals surface area contributed by atoms with Crippen LogP contribution in [0.4, 0.5) is 0 Å². The molecular formula is C15H16BrNO. The Kier molecular flexibility index (Phi) is 2.81. The lowest BCUT2D eigenvalue weighted by Crippen LogP contribution is -2.24. The fourth-order valence-electron chi connectivity index (χ4n) is 3.03. The van der Waals surface area contributed by atoms with Crippen LogP contribution in [0.5, 0.6) is 0 Å². The minimum Gasteiger partial charge on any atom is -0.360 e. The predicted octanol–water partition coefficient (Wildman–Crippen LogP) is 4.69. The van der Waals surface area contributed by atoms with Crippen LogP contribution in [0.25, 0.3) is 10.9 Å². The molecule has 3 heteroatoms. The largest absolute Gasteiger partial charge is 0.360 e. The second-order valence-corrected chi connectivity index (χ2v) is 6.32. The maximum absolute atomic E-state index is 12.8. The van der Waals surface area contributed by atoms with Crippen molar-refractivity contribution in [3.63, 3.8) is 0 Å². The van der Waals surface area contributed by atoms with E-state index in [0.29, 0.717) is 0 Å². The zero-order chi connectivity index (χ0) is 12.8. The standard InChI is InChI=1S/C15H16BrNO/c1-15(7-2-3-8-15)14(18)10-9-17-12-6-4-5-11(16)13(10)12/h4-6,9,17H,2-3,7-8H2,1H3. The summed E-state index contributed by atoms with van der Waals surface area (Å²) in [6.07, 6.45) is 6.24. The van der Waals surface area contributed by atoms with Gasteiger partial charge < -0.3 is 4.98 Å². The molecule has 2 nitrogen and oxygen atoms in total. The van der Waals surface area contributed by atoms with Crippen LogP contribution in [-0.4, -0.2) is 10.8 Å². The number of ketones is 1. The SMILES string of the molecule is CC1(C(=O)c2c[nH]c3cccc(Br)c23)CCCC1. The van der Waals surface area contributed by atoms with E-state index in [1.54, 1.807) is 0 Å². The quantitative estimate of drug-likeness (QED) is 0.802. The van der Waals surface area contributed by atoms with Crippen LogP contribution in [0.3, 0.4) is 0 Å². The van der Waals surface area contributed by atoms with Gasteiger partial charge in [-0.3, -0.25) is 4.79 Å². The molecular weight excluding hydrogens is 290 g/mol. The summed E-state index contributed by atoms with van der Waals surface area (Å²) in [5, 5.41) is 1.02. The lowest BCUT2D eigenvalue weighted by Gasteiger charge is -2.21. The molecule has 1 saturated carbocycles. The Bertz CT molecular complexity index is 608. The molecule has 1 aromatic heterocycles. The number of benzene rings is 1. The summed E-state index contributed by atoms with van der Waals surface area (Å²) in [6, 6.07) is 5.98. The molecule has 2 aromatic rings. The van der Waals surface area contributed by atoms with E-state index in [2.05, 4.69) is 27.8 Å². The molecule has 1 aromatic carbocycles. The van der Waals surface area contributed by atoms with Gasteiger partial charge in [0.05, 0.1) is 0 Å². The first-order chi connectivity index (χ1) is 8.62. The summed E-state index contributed by atoms with van der Waals surface area (Å²) in [6.45, 7) is 2.11. The Morgan fingerprint density at radius 2 is 2.06 bits per heavy atom. The van der Waals surface area contributed by atoms with E-state index in [1.807, 2.05) is 24.4 Å². The Morgan fingerprint density at radius 3 is 2.78 bits per heavy atom. The van der Waals surface area contributed by atoms with Crippen molar-refractivity contribution in [3.8, 4) is 0 Å². The van der Waals surface area contributed by atoms with Gasteiger partial charge in [-0.2, -0.15) is 0 Å². The zero-order valence-corrected chi connectivity index (χ0v) is 12.0. The summed E-state index contributed by atoms with van der Waals surface area (Å²) < 4.78 is 0.992. The molecule has 0 aliphatic heterocycles. The van der Waals surface area contributed by atoms with Crippen molar-refractivity contribution in [2.75, 3.05) is 0 Å². The van der Waals surface area contributed by atoms with Crippen LogP contribution in [-0.2, 0) is 0 Å². The third kappa shape index (κ3) is 1.72. The number of nitrogens with one attached hydrogen (secondary N) is 1. The van der Waals surface area contributed by atoms with Crippen LogP contribution < -0.4 is 0 Å². The third-order valence-corrected chi connectivity index (χ3v) is 4.82. The molecule has 0 radical (unpaired) electrons. The van der Waals surface area contributed by atoms with Crippen molar-refractivity contribution in [2.24, 2.45) is 5.41 Å². The molecule has 0 atom stereocenters. The van der Waals surface area contributed by atoms with E-state index in [-0.39, 0.29) is 11.2 Å². The lowest BCUT2D eigenvalue weighted by molar-refractivity contribution is 0.0825. The summed E-state index contributed by atoms with van der Waals surface area (Å²) >= 11 is 3.55. The first kappa shape index (κ1) is 12.0. The molecule has 94 valence electrons. The van der Waals surface area contributed by atoms with E-state index >= 15 is 0 Å². The molecule has 3 rings (SSSR count). The van der Waals surface area contributed by atoms with Gasteiger partial charge in [0.15, 0.2) is 5.78 Å². The van der Waals surface area contributed by atoms with Crippen LogP contribution in [0, 0.1) is 5.41 Å². The van der Waals surface area contributed by atoms with E-state index in [1.165, 1.54) is 12.8 Å². The fraction of sp³-hybridized carbons (Fsp3) is 0.400. The summed E-state index contributed by atoms with van der Waals surface area (Å²) in [4.78, 5) is 16.0. The van der Waals surface area contributed by atoms with Gasteiger partial charge in [-0.25, -0.2) is 0 Å². The van der Waals surface area contributed by atoms with E-state index < -0.39 is 0 Å². The van der Waals surface area contributed by atoms with E-state index in [0.717, 1.165) is 33.8 Å². The molecule has 1 heterocycles. The van der Waals surface area contributed by atoms with Crippen molar-refractivity contribution in [2.45, 2.75) is 32.6 Å². The number of Topliss-reactive ketones (excluding diaryl/α,β-unsaturated/α-hetero) is 1. The molecule has 1 aliphatic carbocycles. The highest BCUT2D eigenvalue weighted by atomic mass is 79.9. The highest BCUT2D eigenvalue weighted by Gasteiger charge is 2.37. The topological polar surface area (TPSA) is 32.9 Å². The van der Waals surface area contributed by atoms with Crippen molar-refractivity contribution < 1.29 is 4.79 Å². The van der Waals surface area contributed by atoms with Gasteiger partial charge in [-0.15, -0.1) is 0 Å². The molecule has 18 heavy (non-hydrogen) atoms. The third-order valence-electron chi connectivity index (χ3n) is 4.15. The molecule has 1 fully saturated rings. The highest BCUT2D eigenvalue weighted by Crippen LogP contribution is 2.42. The Morgan fingerprint density at radius 1 is 1.33 bits per heavy atom. The highest BCUT2D eigenvalue weighted by molar-refractivity contribution is 9.10. The van der Waals surface area contributed by atoms with Crippen LogP contribution >= 0.6 is 15.9 Å². The van der Waals surface area contributed by atoms with Gasteiger partial charge in [0, 0.05) is 32.6 Å². The number of hydrogen-bond acceptors (Lipinski definition) is 1. The van der Waals surface area contributed by atoms with Crippen LogP contribution in [0.2, 0.25) is 0 Å². The smallest absolute Gasteiger partial charge is 0.170 e. The fourth-order valence-corrected chi connectivity index (χ4v) is 3.61. The van der Waals surface area contributed by atoms with Crippen molar-refractivity contribution >= 4 is 32.6 Å². The number of halogens is 1. The molecule has 0 bridgehead atoms. The van der Waals surface area contributed by atoms with Gasteiger partial charge in [0.25, 0.3) is 0 Å². The van der Waals surface area contributed by atoms with Gasteiger partial charge >= 0.3 is 0 Å². The summed E-state index contributed by atoms with van der Waals surface area (Å²) in [7, 11) is 0. The minimum atomic E-state index is -0.162. The zero-order valence-electron chi connectivity index (χ0n) is 10.4. The van der Waals surface area contributed by atoms with Crippen molar-refractivity contribution in [1.82, 2.24) is 4.98 Å². The Balaban J connectivity index is 2.12. The first-order valence-electron chi connectivity index (χ1n) is 6.42. The normalized spacial score (nSPS) is 18.3. The molecule has 0 amide bonds. The minimum absolute atomic E-state index is 0.162. The molecule has 0 spiro atoms. The van der Waals surface area contributed by atoms with Gasteiger partial charge in [-0.05, 0) is 25.0 Å². The number of carbonyl (C=O) groups excluding carboxylic acids is 1. The Labute approximate surface area is 115 Å². The second kappa shape index (κ2) is 4.23. The van der Waals surface area contributed by atoms with Gasteiger partial charge in [-0.1, -0.05) is 41.8 Å². The molecule has 0 unspecified atom stereocenters. The number of H-pyrrole nitrogens is 1. The van der Waals surface area contributed by atoms with Gasteiger partial charge in [0.2, 0.25) is 0 Å². The maximum atomic E-state index is 12.8. The second-order valence-electron chi connectivity index (χ2n) is 5.46. The van der Waals surface area contributed by atoms with E-state index in [4.69, 9.17) is 0 Å². The average Bonchev–Trinajstić information content (AvgIpc) is 2.96. The average molecular weight is 306 g/mol. The number of aromatic nitrogens is 1. The monoisotopic (exact) mass is 305 g/mol. The Hall–Kier alpha value is -1.09. The van der Waals surface area contributed by atoms with Gasteiger partial charge in [0.1, 0.15) is 0 Å². The van der Waals surface area contributed by atoms with Crippen molar-refractivity contribution in [1.29, 1.82) is 0 Å². The number of hydrogen-bond donors (Lipinski definition) is 1. The van der Waals surface area contributed by atoms with Crippen LogP contribution in [0.1, 0.15) is 43.0 Å². The van der Waals surface area contributed by atoms with Crippen LogP contribution in [0.15, 0.2) is 28.9 Å². The molecule has 1 aliphatic rings. The van der Waals surface area contributed by atoms with Crippen molar-refractivity contribution in [3.05, 3.63) is 34.4 Å². The van der Waals surface area contributed by atoms with E-state index in [9.17, 15) is 4.79 Å².